The van der Waals surface area contributed by atoms with Gasteiger partial charge in [0.15, 0.2) is 11.5 Å². The quantitative estimate of drug-likeness (QED) is 0.675. The van der Waals surface area contributed by atoms with Crippen molar-refractivity contribution in [2.75, 3.05) is 40.3 Å². The third kappa shape index (κ3) is 5.06. The first-order valence-corrected chi connectivity index (χ1v) is 8.55. The Morgan fingerprint density at radius 1 is 0.893 bits per heavy atom. The molecule has 28 heavy (non-hydrogen) atoms. The number of hydrogen-bond donors (Lipinski definition) is 2. The summed E-state index contributed by atoms with van der Waals surface area (Å²) in [4.78, 5) is 24.0. The molecule has 2 N–H and O–H groups in total. The summed E-state index contributed by atoms with van der Waals surface area (Å²) in [5.41, 5.74) is 1.51. The Morgan fingerprint density at radius 2 is 1.54 bits per heavy atom. The number of methoxy groups -OCH3 is 4. The summed E-state index contributed by atoms with van der Waals surface area (Å²) in [5.74, 6) is 1.25. The number of anilines is 1. The number of benzene rings is 2. The van der Waals surface area contributed by atoms with E-state index in [1.807, 2.05) is 6.07 Å². The van der Waals surface area contributed by atoms with Gasteiger partial charge in [-0.2, -0.15) is 0 Å². The fourth-order valence-electron chi connectivity index (χ4n) is 2.65. The molecular weight excluding hydrogens is 364 g/mol. The van der Waals surface area contributed by atoms with Crippen LogP contribution in [0.1, 0.15) is 15.9 Å². The summed E-state index contributed by atoms with van der Waals surface area (Å²) in [6.07, 6.45) is 0.510. The standard InChI is InChI=1S/C20H24N2O6/c1-25-16-12-18(27-3)17(26-2)11-13(16)9-10-21-20(24)22-15-8-6-5-7-14(15)19(23)28-4/h5-8,11-12H,9-10H2,1-4H3,(H2,21,22,24). The molecule has 0 aromatic heterocycles. The molecule has 2 aromatic carbocycles. The molecule has 0 radical (unpaired) electrons. The average Bonchev–Trinajstić information content (AvgIpc) is 2.73. The van der Waals surface area contributed by atoms with E-state index in [-0.39, 0.29) is 5.56 Å². The summed E-state index contributed by atoms with van der Waals surface area (Å²) in [5, 5.41) is 5.41. The molecule has 0 spiro atoms. The van der Waals surface area contributed by atoms with Gasteiger partial charge in [-0.15, -0.1) is 0 Å². The van der Waals surface area contributed by atoms with Crippen molar-refractivity contribution in [3.63, 3.8) is 0 Å². The van der Waals surface area contributed by atoms with Crippen LogP contribution >= 0.6 is 0 Å². The van der Waals surface area contributed by atoms with Crippen LogP contribution in [0, 0.1) is 0 Å². The van der Waals surface area contributed by atoms with Gasteiger partial charge >= 0.3 is 12.0 Å². The van der Waals surface area contributed by atoms with Crippen molar-refractivity contribution in [2.24, 2.45) is 0 Å². The van der Waals surface area contributed by atoms with Gasteiger partial charge in [-0.1, -0.05) is 12.1 Å². The zero-order valence-corrected chi connectivity index (χ0v) is 16.3. The summed E-state index contributed by atoms with van der Waals surface area (Å²) < 4.78 is 20.7. The van der Waals surface area contributed by atoms with Crippen LogP contribution in [-0.4, -0.2) is 47.0 Å². The van der Waals surface area contributed by atoms with Crippen molar-refractivity contribution in [1.82, 2.24) is 5.32 Å². The van der Waals surface area contributed by atoms with Crippen molar-refractivity contribution in [3.8, 4) is 17.2 Å². The highest BCUT2D eigenvalue weighted by Crippen LogP contribution is 2.34. The molecule has 2 rings (SSSR count). The molecular formula is C20H24N2O6. The lowest BCUT2D eigenvalue weighted by Crippen LogP contribution is -2.31. The van der Waals surface area contributed by atoms with E-state index in [1.165, 1.54) is 7.11 Å². The monoisotopic (exact) mass is 388 g/mol. The Balaban J connectivity index is 2.01. The molecule has 0 atom stereocenters. The van der Waals surface area contributed by atoms with E-state index >= 15 is 0 Å². The lowest BCUT2D eigenvalue weighted by Gasteiger charge is -2.15. The fraction of sp³-hybridized carbons (Fsp3) is 0.300. The summed E-state index contributed by atoms with van der Waals surface area (Å²) in [6.45, 7) is 0.345. The second-order valence-corrected chi connectivity index (χ2v) is 5.69. The molecule has 0 saturated heterocycles. The van der Waals surface area contributed by atoms with Gasteiger partial charge < -0.3 is 29.6 Å². The Bertz CT molecular complexity index is 837. The molecule has 0 saturated carbocycles. The number of urea groups is 1. The van der Waals surface area contributed by atoms with Crippen LogP contribution in [0.3, 0.4) is 0 Å². The highest BCUT2D eigenvalue weighted by molar-refractivity contribution is 6.00. The first-order valence-electron chi connectivity index (χ1n) is 8.55. The molecule has 0 heterocycles. The van der Waals surface area contributed by atoms with Crippen LogP contribution in [-0.2, 0) is 11.2 Å². The molecule has 2 amide bonds. The van der Waals surface area contributed by atoms with E-state index in [4.69, 9.17) is 18.9 Å². The first kappa shape index (κ1) is 20.9. The number of ether oxygens (including phenoxy) is 4. The molecule has 0 aliphatic rings. The Labute approximate surface area is 163 Å². The number of para-hydroxylation sites is 1. The summed E-state index contributed by atoms with van der Waals surface area (Å²) in [7, 11) is 5.96. The zero-order chi connectivity index (χ0) is 20.5. The maximum Gasteiger partial charge on any atom is 0.339 e. The highest BCUT2D eigenvalue weighted by Gasteiger charge is 2.14. The Hall–Kier alpha value is -3.42. The van der Waals surface area contributed by atoms with Crippen LogP contribution in [0.15, 0.2) is 36.4 Å². The summed E-state index contributed by atoms with van der Waals surface area (Å²) >= 11 is 0. The van der Waals surface area contributed by atoms with Gasteiger partial charge in [0.25, 0.3) is 0 Å². The van der Waals surface area contributed by atoms with Crippen molar-refractivity contribution in [2.45, 2.75) is 6.42 Å². The van der Waals surface area contributed by atoms with Crippen molar-refractivity contribution in [1.29, 1.82) is 0 Å². The van der Waals surface area contributed by atoms with E-state index in [0.29, 0.717) is 35.9 Å². The molecule has 0 aliphatic carbocycles. The first-order chi connectivity index (χ1) is 13.5. The number of nitrogens with one attached hydrogen (secondary N) is 2. The van der Waals surface area contributed by atoms with E-state index in [9.17, 15) is 9.59 Å². The van der Waals surface area contributed by atoms with Crippen molar-refractivity contribution in [3.05, 3.63) is 47.5 Å². The highest BCUT2D eigenvalue weighted by atomic mass is 16.5. The average molecular weight is 388 g/mol. The third-order valence-corrected chi connectivity index (χ3v) is 4.05. The number of esters is 1. The van der Waals surface area contributed by atoms with Gasteiger partial charge in [-0.3, -0.25) is 0 Å². The normalized spacial score (nSPS) is 10.0. The lowest BCUT2D eigenvalue weighted by molar-refractivity contribution is 0.0602. The Kier molecular flexibility index (Phi) is 7.50. The topological polar surface area (TPSA) is 95.1 Å². The minimum atomic E-state index is -0.522. The zero-order valence-electron chi connectivity index (χ0n) is 16.3. The van der Waals surface area contributed by atoms with Gasteiger partial charge in [0.1, 0.15) is 5.75 Å². The van der Waals surface area contributed by atoms with Gasteiger partial charge in [0.2, 0.25) is 0 Å². The molecule has 0 unspecified atom stereocenters. The number of amides is 2. The van der Waals surface area contributed by atoms with E-state index in [0.717, 1.165) is 5.56 Å². The fourth-order valence-corrected chi connectivity index (χ4v) is 2.65. The second-order valence-electron chi connectivity index (χ2n) is 5.69. The smallest absolute Gasteiger partial charge is 0.339 e. The SMILES string of the molecule is COC(=O)c1ccccc1NC(=O)NCCc1cc(OC)c(OC)cc1OC. The van der Waals surface area contributed by atoms with Crippen LogP contribution in [0.4, 0.5) is 10.5 Å². The van der Waals surface area contributed by atoms with Gasteiger partial charge in [-0.05, 0) is 30.2 Å². The number of carbonyl (C=O) groups is 2. The number of rotatable bonds is 8. The maximum atomic E-state index is 12.2. The van der Waals surface area contributed by atoms with Gasteiger partial charge in [-0.25, -0.2) is 9.59 Å². The van der Waals surface area contributed by atoms with Crippen LogP contribution < -0.4 is 24.8 Å². The minimum Gasteiger partial charge on any atom is -0.496 e. The molecule has 2 aromatic rings. The summed E-state index contributed by atoms with van der Waals surface area (Å²) in [6, 6.07) is 9.73. The molecule has 150 valence electrons. The predicted molar refractivity (Wildman–Crippen MR) is 105 cm³/mol. The van der Waals surface area contributed by atoms with E-state index in [1.54, 1.807) is 51.7 Å². The molecule has 8 nitrogen and oxygen atoms in total. The van der Waals surface area contributed by atoms with Gasteiger partial charge in [0.05, 0.1) is 39.7 Å². The minimum absolute atomic E-state index is 0.279. The van der Waals surface area contributed by atoms with Crippen molar-refractivity contribution < 1.29 is 28.5 Å². The third-order valence-electron chi connectivity index (χ3n) is 4.05. The second kappa shape index (κ2) is 10.1. The van der Waals surface area contributed by atoms with Crippen LogP contribution in [0.5, 0.6) is 17.2 Å². The largest absolute Gasteiger partial charge is 0.496 e. The van der Waals surface area contributed by atoms with Crippen molar-refractivity contribution >= 4 is 17.7 Å². The maximum absolute atomic E-state index is 12.2. The van der Waals surface area contributed by atoms with Gasteiger partial charge in [0, 0.05) is 12.6 Å². The molecule has 0 fully saturated rings. The molecule has 0 bridgehead atoms. The lowest BCUT2D eigenvalue weighted by atomic mass is 10.1. The van der Waals surface area contributed by atoms with E-state index < -0.39 is 12.0 Å². The van der Waals surface area contributed by atoms with Crippen LogP contribution in [0.2, 0.25) is 0 Å². The molecule has 8 heteroatoms. The Morgan fingerprint density at radius 3 is 2.18 bits per heavy atom. The predicted octanol–water partition coefficient (Wildman–Crippen LogP) is 2.86. The number of carbonyl (C=O) groups excluding carboxylic acids is 2. The van der Waals surface area contributed by atoms with E-state index in [2.05, 4.69) is 10.6 Å². The van der Waals surface area contributed by atoms with Crippen LogP contribution in [0.25, 0.3) is 0 Å². The number of hydrogen-bond acceptors (Lipinski definition) is 6. The molecule has 0 aliphatic heterocycles.